The zero-order valence-corrected chi connectivity index (χ0v) is 13.0. The van der Waals surface area contributed by atoms with Crippen molar-refractivity contribution in [3.8, 4) is 0 Å². The molecule has 0 unspecified atom stereocenters. The predicted octanol–water partition coefficient (Wildman–Crippen LogP) is 4.09. The number of esters is 1. The van der Waals surface area contributed by atoms with Crippen LogP contribution >= 0.6 is 0 Å². The molecular weight excluding hydrogens is 272 g/mol. The second-order valence-corrected chi connectivity index (χ2v) is 6.35. The van der Waals surface area contributed by atoms with E-state index in [1.54, 1.807) is 0 Å². The standard InChI is InChI=1S/C20H20O2/c1-3-22-20(21)18-12(2)17-13-8-4-6-10-15(13)19(18)16-11-7-5-9-14(16)17/h4-12,17-19H,3H2,1-2H3/t12-,17?,18-,19?/m1/s1. The molecule has 0 amide bonds. The number of carbonyl (C=O) groups excluding carboxylic acids is 1. The molecule has 0 saturated heterocycles. The maximum Gasteiger partial charge on any atom is 0.310 e. The van der Waals surface area contributed by atoms with Gasteiger partial charge in [-0.2, -0.15) is 0 Å². The Morgan fingerprint density at radius 3 is 1.82 bits per heavy atom. The largest absolute Gasteiger partial charge is 0.466 e. The van der Waals surface area contributed by atoms with Gasteiger partial charge in [-0.3, -0.25) is 4.79 Å². The van der Waals surface area contributed by atoms with Crippen molar-refractivity contribution in [2.24, 2.45) is 11.8 Å². The van der Waals surface area contributed by atoms with E-state index in [4.69, 9.17) is 4.74 Å². The van der Waals surface area contributed by atoms with E-state index in [9.17, 15) is 4.79 Å². The van der Waals surface area contributed by atoms with Crippen molar-refractivity contribution in [2.75, 3.05) is 6.61 Å². The Kier molecular flexibility index (Phi) is 3.07. The Morgan fingerprint density at radius 2 is 1.36 bits per heavy atom. The highest BCUT2D eigenvalue weighted by Crippen LogP contribution is 2.58. The maximum atomic E-state index is 12.6. The van der Waals surface area contributed by atoms with Crippen molar-refractivity contribution in [1.82, 2.24) is 0 Å². The average molecular weight is 292 g/mol. The average Bonchev–Trinajstić information content (AvgIpc) is 2.55. The molecule has 2 aromatic carbocycles. The zero-order chi connectivity index (χ0) is 15.3. The first-order valence-electron chi connectivity index (χ1n) is 8.08. The van der Waals surface area contributed by atoms with Gasteiger partial charge >= 0.3 is 5.97 Å². The van der Waals surface area contributed by atoms with Gasteiger partial charge in [-0.1, -0.05) is 55.5 Å². The summed E-state index contributed by atoms with van der Waals surface area (Å²) in [6.45, 7) is 4.53. The molecule has 0 aromatic heterocycles. The van der Waals surface area contributed by atoms with Crippen LogP contribution in [-0.4, -0.2) is 12.6 Å². The molecule has 2 nitrogen and oxygen atoms in total. The first-order chi connectivity index (χ1) is 10.7. The lowest BCUT2D eigenvalue weighted by Crippen LogP contribution is -2.43. The number of fused-ring (bicyclic) bond motifs is 1. The minimum absolute atomic E-state index is 0.0472. The van der Waals surface area contributed by atoms with E-state index in [-0.39, 0.29) is 23.7 Å². The van der Waals surface area contributed by atoms with Crippen LogP contribution in [-0.2, 0) is 9.53 Å². The molecular formula is C20H20O2. The van der Waals surface area contributed by atoms with Gasteiger partial charge in [0.25, 0.3) is 0 Å². The zero-order valence-electron chi connectivity index (χ0n) is 13.0. The Balaban J connectivity index is 1.94. The van der Waals surface area contributed by atoms with Gasteiger partial charge in [0.15, 0.2) is 0 Å². The fraction of sp³-hybridized carbons (Fsp3) is 0.350. The molecule has 5 rings (SSSR count). The molecule has 0 radical (unpaired) electrons. The van der Waals surface area contributed by atoms with Gasteiger partial charge in [0.2, 0.25) is 0 Å². The highest BCUT2D eigenvalue weighted by molar-refractivity contribution is 5.78. The van der Waals surface area contributed by atoms with E-state index < -0.39 is 0 Å². The minimum Gasteiger partial charge on any atom is -0.466 e. The maximum absolute atomic E-state index is 12.6. The molecule has 0 N–H and O–H groups in total. The van der Waals surface area contributed by atoms with Gasteiger partial charge in [-0.05, 0) is 35.1 Å². The van der Waals surface area contributed by atoms with E-state index >= 15 is 0 Å². The Bertz CT molecular complexity index is 686. The van der Waals surface area contributed by atoms with Crippen molar-refractivity contribution in [3.63, 3.8) is 0 Å². The predicted molar refractivity (Wildman–Crippen MR) is 85.9 cm³/mol. The van der Waals surface area contributed by atoms with Gasteiger partial charge in [0.05, 0.1) is 12.5 Å². The summed E-state index contributed by atoms with van der Waals surface area (Å²) in [5.41, 5.74) is 5.39. The molecule has 2 aromatic rings. The molecule has 0 heterocycles. The van der Waals surface area contributed by atoms with Crippen LogP contribution < -0.4 is 0 Å². The van der Waals surface area contributed by atoms with Crippen LogP contribution in [0.25, 0.3) is 0 Å². The number of ether oxygens (including phenoxy) is 1. The number of rotatable bonds is 2. The SMILES string of the molecule is CCOC(=O)[C@H]1C2c3ccccc3C(c3ccccc32)[C@H]1C. The van der Waals surface area contributed by atoms with Crippen LogP contribution in [0.4, 0.5) is 0 Å². The smallest absolute Gasteiger partial charge is 0.310 e. The monoisotopic (exact) mass is 292 g/mol. The van der Waals surface area contributed by atoms with E-state index in [1.165, 1.54) is 22.3 Å². The molecule has 112 valence electrons. The van der Waals surface area contributed by atoms with Gasteiger partial charge in [0.1, 0.15) is 0 Å². The first kappa shape index (κ1) is 13.6. The van der Waals surface area contributed by atoms with Crippen LogP contribution in [0.15, 0.2) is 48.5 Å². The molecule has 2 bridgehead atoms. The van der Waals surface area contributed by atoms with E-state index in [0.29, 0.717) is 12.5 Å². The molecule has 2 heteroatoms. The topological polar surface area (TPSA) is 26.3 Å². The van der Waals surface area contributed by atoms with Crippen LogP contribution in [0.1, 0.15) is 47.9 Å². The number of benzene rings is 2. The lowest BCUT2D eigenvalue weighted by atomic mass is 9.54. The van der Waals surface area contributed by atoms with Crippen molar-refractivity contribution < 1.29 is 9.53 Å². The summed E-state index contributed by atoms with van der Waals surface area (Å²) in [5, 5.41) is 0. The molecule has 0 aliphatic heterocycles. The quantitative estimate of drug-likeness (QED) is 0.779. The summed E-state index contributed by atoms with van der Waals surface area (Å²) in [5.74, 6) is 0.580. The second kappa shape index (κ2) is 4.98. The van der Waals surface area contributed by atoms with E-state index in [1.807, 2.05) is 6.92 Å². The highest BCUT2D eigenvalue weighted by Gasteiger charge is 2.51. The van der Waals surface area contributed by atoms with E-state index in [0.717, 1.165) is 0 Å². The van der Waals surface area contributed by atoms with Crippen LogP contribution in [0.2, 0.25) is 0 Å². The molecule has 3 aliphatic carbocycles. The lowest BCUT2D eigenvalue weighted by molar-refractivity contribution is -0.151. The van der Waals surface area contributed by atoms with Gasteiger partial charge in [-0.15, -0.1) is 0 Å². The van der Waals surface area contributed by atoms with Crippen LogP contribution in [0.3, 0.4) is 0 Å². The Labute approximate surface area is 131 Å². The molecule has 0 saturated carbocycles. The van der Waals surface area contributed by atoms with Crippen molar-refractivity contribution in [2.45, 2.75) is 25.7 Å². The normalized spacial score (nSPS) is 27.9. The van der Waals surface area contributed by atoms with Gasteiger partial charge < -0.3 is 4.74 Å². The summed E-state index contributed by atoms with van der Waals surface area (Å²) in [4.78, 5) is 12.6. The van der Waals surface area contributed by atoms with Crippen LogP contribution in [0.5, 0.6) is 0 Å². The molecule has 2 atom stereocenters. The minimum atomic E-state index is -0.0743. The highest BCUT2D eigenvalue weighted by atomic mass is 16.5. The molecule has 0 spiro atoms. The fourth-order valence-corrected chi connectivity index (χ4v) is 4.54. The van der Waals surface area contributed by atoms with Crippen molar-refractivity contribution in [1.29, 1.82) is 0 Å². The third-order valence-electron chi connectivity index (χ3n) is 5.34. The summed E-state index contributed by atoms with van der Waals surface area (Å²) in [6.07, 6.45) is 0. The lowest BCUT2D eigenvalue weighted by Gasteiger charge is -2.48. The number of hydrogen-bond acceptors (Lipinski definition) is 2. The molecule has 3 aliphatic rings. The number of carbonyl (C=O) groups is 1. The van der Waals surface area contributed by atoms with E-state index in [2.05, 4.69) is 55.5 Å². The Hall–Kier alpha value is -2.09. The molecule has 0 fully saturated rings. The fourth-order valence-electron chi connectivity index (χ4n) is 4.54. The summed E-state index contributed by atoms with van der Waals surface area (Å²) in [7, 11) is 0. The van der Waals surface area contributed by atoms with Gasteiger partial charge in [-0.25, -0.2) is 0 Å². The Morgan fingerprint density at radius 1 is 0.909 bits per heavy atom. The summed E-state index contributed by atoms with van der Waals surface area (Å²) < 4.78 is 5.40. The summed E-state index contributed by atoms with van der Waals surface area (Å²) in [6, 6.07) is 17.2. The van der Waals surface area contributed by atoms with Crippen molar-refractivity contribution in [3.05, 3.63) is 70.8 Å². The van der Waals surface area contributed by atoms with Crippen LogP contribution in [0, 0.1) is 11.8 Å². The number of hydrogen-bond donors (Lipinski definition) is 0. The van der Waals surface area contributed by atoms with Crippen molar-refractivity contribution >= 4 is 5.97 Å². The third kappa shape index (κ3) is 1.70. The summed E-state index contributed by atoms with van der Waals surface area (Å²) >= 11 is 0. The van der Waals surface area contributed by atoms with Gasteiger partial charge in [0, 0.05) is 11.8 Å². The second-order valence-electron chi connectivity index (χ2n) is 6.35. The molecule has 22 heavy (non-hydrogen) atoms. The first-order valence-corrected chi connectivity index (χ1v) is 8.08. The third-order valence-corrected chi connectivity index (χ3v) is 5.34.